The van der Waals surface area contributed by atoms with Gasteiger partial charge in [0, 0.05) is 0 Å². The van der Waals surface area contributed by atoms with Gasteiger partial charge in [0.2, 0.25) is 0 Å². The van der Waals surface area contributed by atoms with E-state index in [4.69, 9.17) is 5.26 Å². The number of alkyl halides is 3. The monoisotopic (exact) mass is 392 g/mol. The van der Waals surface area contributed by atoms with E-state index in [1.807, 2.05) is 0 Å². The number of hydrogen-bond acceptors (Lipinski definition) is 3. The fraction of sp³-hybridized carbons (Fsp3) is 0.143. The molecule has 0 aromatic carbocycles. The zero-order chi connectivity index (χ0) is 11.6. The first-order valence-corrected chi connectivity index (χ1v) is 5.22. The number of nitriles is 1. The Morgan fingerprint density at radius 1 is 1.53 bits per heavy atom. The molecule has 0 aliphatic rings. The fourth-order valence-electron chi connectivity index (χ4n) is 0.754. The first kappa shape index (κ1) is 12.5. The number of halogens is 5. The van der Waals surface area contributed by atoms with Crippen LogP contribution in [-0.4, -0.2) is 11.3 Å². The number of nitrogens with zero attached hydrogens (tertiary/aromatic N) is 2. The Morgan fingerprint density at radius 2 is 2.13 bits per heavy atom. The number of ether oxygens (including phenoxy) is 1. The zero-order valence-corrected chi connectivity index (χ0v) is 10.5. The van der Waals surface area contributed by atoms with Crippen LogP contribution in [0.3, 0.4) is 0 Å². The van der Waals surface area contributed by atoms with E-state index in [9.17, 15) is 13.2 Å². The van der Waals surface area contributed by atoms with Gasteiger partial charge in [-0.1, -0.05) is 0 Å². The van der Waals surface area contributed by atoms with Gasteiger partial charge in [-0.15, -0.1) is 13.2 Å². The van der Waals surface area contributed by atoms with Gasteiger partial charge in [0.05, 0.1) is 9.77 Å². The van der Waals surface area contributed by atoms with Crippen molar-refractivity contribution < 1.29 is 17.9 Å². The van der Waals surface area contributed by atoms with Crippen LogP contribution in [0, 0.1) is 14.9 Å². The summed E-state index contributed by atoms with van der Waals surface area (Å²) in [6.07, 6.45) is -3.98. The smallest absolute Gasteiger partial charge is 0.403 e. The van der Waals surface area contributed by atoms with Crippen LogP contribution < -0.4 is 4.74 Å². The maximum atomic E-state index is 11.9. The molecule has 80 valence electrons. The molecule has 0 bridgehead atoms. The molecule has 0 saturated carbocycles. The minimum absolute atomic E-state index is 0.199. The molecular weight excluding hydrogens is 392 g/mol. The summed E-state index contributed by atoms with van der Waals surface area (Å²) in [5.41, 5.74) is -0.199. The van der Waals surface area contributed by atoms with Crippen molar-refractivity contribution in [3.05, 3.63) is 19.9 Å². The molecular formula is C7HBrF3IN2O. The van der Waals surface area contributed by atoms with Crippen molar-refractivity contribution in [2.24, 2.45) is 0 Å². The van der Waals surface area contributed by atoms with E-state index in [1.165, 1.54) is 0 Å². The summed E-state index contributed by atoms with van der Waals surface area (Å²) in [7, 11) is 0. The number of rotatable bonds is 1. The van der Waals surface area contributed by atoms with Gasteiger partial charge in [-0.3, -0.25) is 0 Å². The molecule has 0 unspecified atom stereocenters. The van der Waals surface area contributed by atoms with Crippen molar-refractivity contribution >= 4 is 38.5 Å². The van der Waals surface area contributed by atoms with Gasteiger partial charge in [-0.2, -0.15) is 5.26 Å². The highest BCUT2D eigenvalue weighted by molar-refractivity contribution is 14.1. The second-order valence-corrected chi connectivity index (χ2v) is 4.09. The van der Waals surface area contributed by atoms with Crippen LogP contribution in [0.25, 0.3) is 0 Å². The quantitative estimate of drug-likeness (QED) is 0.544. The summed E-state index contributed by atoms with van der Waals surface area (Å²) >= 11 is 4.70. The predicted molar refractivity (Wildman–Crippen MR) is 56.1 cm³/mol. The highest BCUT2D eigenvalue weighted by atomic mass is 127. The number of pyridine rings is 1. The Hall–Kier alpha value is -0.560. The summed E-state index contributed by atoms with van der Waals surface area (Å²) in [5, 5.41) is 8.67. The molecule has 0 fully saturated rings. The van der Waals surface area contributed by atoms with Gasteiger partial charge in [0.25, 0.3) is 0 Å². The predicted octanol–water partition coefficient (Wildman–Crippen LogP) is 3.22. The summed E-state index contributed by atoms with van der Waals surface area (Å²) in [5.74, 6) is -0.599. The van der Waals surface area contributed by atoms with Crippen molar-refractivity contribution in [2.45, 2.75) is 6.36 Å². The number of aromatic nitrogens is 1. The van der Waals surface area contributed by atoms with Crippen LogP contribution >= 0.6 is 38.5 Å². The zero-order valence-electron chi connectivity index (χ0n) is 6.77. The second-order valence-electron chi connectivity index (χ2n) is 2.26. The van der Waals surface area contributed by atoms with Gasteiger partial charge in [-0.05, 0) is 38.5 Å². The first-order valence-electron chi connectivity index (χ1n) is 3.35. The molecule has 0 amide bonds. The van der Waals surface area contributed by atoms with E-state index in [-0.39, 0.29) is 9.13 Å². The fourth-order valence-corrected chi connectivity index (χ4v) is 1.58. The van der Waals surface area contributed by atoms with Crippen LogP contribution in [0.1, 0.15) is 5.56 Å². The molecule has 0 atom stereocenters. The molecule has 1 rings (SSSR count). The highest BCUT2D eigenvalue weighted by Gasteiger charge is 2.33. The van der Waals surface area contributed by atoms with Gasteiger partial charge in [0.15, 0.2) is 5.75 Å². The van der Waals surface area contributed by atoms with Gasteiger partial charge < -0.3 is 4.74 Å². The number of hydrogen-bond donors (Lipinski definition) is 0. The van der Waals surface area contributed by atoms with Crippen LogP contribution in [0.2, 0.25) is 0 Å². The van der Waals surface area contributed by atoms with E-state index < -0.39 is 12.1 Å². The van der Waals surface area contributed by atoms with Crippen molar-refractivity contribution in [3.63, 3.8) is 0 Å². The lowest BCUT2D eigenvalue weighted by Gasteiger charge is -2.10. The van der Waals surface area contributed by atoms with E-state index in [1.54, 1.807) is 28.7 Å². The average Bonchev–Trinajstić information content (AvgIpc) is 2.10. The molecule has 15 heavy (non-hydrogen) atoms. The second kappa shape index (κ2) is 4.52. The Labute approximate surface area is 105 Å². The highest BCUT2D eigenvalue weighted by Crippen LogP contribution is 2.31. The molecule has 0 aliphatic carbocycles. The van der Waals surface area contributed by atoms with Crippen molar-refractivity contribution in [1.29, 1.82) is 5.26 Å². The Bertz CT molecular complexity index is 429. The molecule has 0 N–H and O–H groups in total. The molecule has 0 aliphatic heterocycles. The maximum Gasteiger partial charge on any atom is 0.573 e. The summed E-state index contributed by atoms with van der Waals surface area (Å²) in [6, 6.07) is 1.62. The summed E-state index contributed by atoms with van der Waals surface area (Å²) < 4.78 is 40.0. The third kappa shape index (κ3) is 3.20. The van der Waals surface area contributed by atoms with Crippen molar-refractivity contribution in [3.8, 4) is 11.8 Å². The van der Waals surface area contributed by atoms with Crippen LogP contribution in [0.4, 0.5) is 13.2 Å². The molecule has 0 saturated heterocycles. The van der Waals surface area contributed by atoms with Crippen molar-refractivity contribution in [2.75, 3.05) is 0 Å². The molecule has 1 aromatic heterocycles. The van der Waals surface area contributed by atoms with E-state index in [0.717, 1.165) is 6.20 Å². The van der Waals surface area contributed by atoms with E-state index >= 15 is 0 Å². The minimum Gasteiger partial charge on any atom is -0.403 e. The lowest BCUT2D eigenvalue weighted by molar-refractivity contribution is -0.274. The average molecular weight is 393 g/mol. The van der Waals surface area contributed by atoms with Crippen LogP contribution in [-0.2, 0) is 0 Å². The standard InChI is InChI=1S/C7HBrF3IN2O/c8-6-5(12)3(1-13)4(2-14-6)15-7(9,10)11/h2H. The normalized spacial score (nSPS) is 10.9. The van der Waals surface area contributed by atoms with Gasteiger partial charge in [-0.25, -0.2) is 4.98 Å². The van der Waals surface area contributed by atoms with Crippen molar-refractivity contribution in [1.82, 2.24) is 4.98 Å². The molecule has 0 spiro atoms. The van der Waals surface area contributed by atoms with Gasteiger partial charge >= 0.3 is 6.36 Å². The van der Waals surface area contributed by atoms with E-state index in [0.29, 0.717) is 4.60 Å². The summed E-state index contributed by atoms with van der Waals surface area (Å²) in [4.78, 5) is 3.60. The van der Waals surface area contributed by atoms with Gasteiger partial charge in [0.1, 0.15) is 16.2 Å². The summed E-state index contributed by atoms with van der Waals surface area (Å²) in [6.45, 7) is 0. The molecule has 0 radical (unpaired) electrons. The Balaban J connectivity index is 3.21. The molecule has 1 heterocycles. The topological polar surface area (TPSA) is 45.9 Å². The van der Waals surface area contributed by atoms with Crippen LogP contribution in [0.5, 0.6) is 5.75 Å². The third-order valence-corrected chi connectivity index (χ3v) is 3.67. The Morgan fingerprint density at radius 3 is 2.60 bits per heavy atom. The SMILES string of the molecule is N#Cc1c(OC(F)(F)F)cnc(Br)c1I. The van der Waals surface area contributed by atoms with Crippen LogP contribution in [0.15, 0.2) is 10.8 Å². The first-order chi connectivity index (χ1) is 6.85. The maximum absolute atomic E-state index is 11.9. The molecule has 8 heteroatoms. The lowest BCUT2D eigenvalue weighted by Crippen LogP contribution is -2.18. The largest absolute Gasteiger partial charge is 0.573 e. The minimum atomic E-state index is -4.83. The molecule has 1 aromatic rings. The molecule has 3 nitrogen and oxygen atoms in total. The lowest BCUT2D eigenvalue weighted by atomic mass is 10.3. The Kier molecular flexibility index (Phi) is 3.77. The van der Waals surface area contributed by atoms with E-state index in [2.05, 4.69) is 25.7 Å². The third-order valence-electron chi connectivity index (χ3n) is 1.28.